The van der Waals surface area contributed by atoms with Crippen molar-refractivity contribution >= 4 is 18.1 Å². The molecule has 0 radical (unpaired) electrons. The van der Waals surface area contributed by atoms with Gasteiger partial charge < -0.3 is 19.2 Å². The van der Waals surface area contributed by atoms with Crippen molar-refractivity contribution in [3.63, 3.8) is 0 Å². The van der Waals surface area contributed by atoms with Crippen molar-refractivity contribution in [1.29, 1.82) is 0 Å². The Labute approximate surface area is 156 Å². The first kappa shape index (κ1) is 18.5. The molecule has 0 fully saturated rings. The highest BCUT2D eigenvalue weighted by atomic mass is 16.6. The number of hydrazone groups is 1. The Morgan fingerprint density at radius 1 is 1.33 bits per heavy atom. The van der Waals surface area contributed by atoms with Crippen molar-refractivity contribution in [3.05, 3.63) is 46.8 Å². The monoisotopic (exact) mass is 371 g/mol. The number of carbonyl (C=O) groups is 2. The van der Waals surface area contributed by atoms with E-state index < -0.39 is 12.0 Å². The zero-order chi connectivity index (χ0) is 19.4. The number of esters is 1. The van der Waals surface area contributed by atoms with Crippen LogP contribution in [-0.4, -0.2) is 42.4 Å². The Kier molecular flexibility index (Phi) is 5.44. The number of fused-ring (bicyclic) bond motifs is 1. The van der Waals surface area contributed by atoms with Crippen LogP contribution in [0.4, 0.5) is 0 Å². The number of aryl methyl sites for hydroxylation is 1. The fourth-order valence-corrected chi connectivity index (χ4v) is 2.79. The third-order valence-corrected chi connectivity index (χ3v) is 4.13. The molecule has 0 saturated heterocycles. The largest absolute Gasteiger partial charge is 0.485 e. The first-order valence-electron chi connectivity index (χ1n) is 8.59. The average Bonchev–Trinajstić information content (AvgIpc) is 2.95. The van der Waals surface area contributed by atoms with Gasteiger partial charge in [-0.3, -0.25) is 4.79 Å². The summed E-state index contributed by atoms with van der Waals surface area (Å²) in [7, 11) is 0. The lowest BCUT2D eigenvalue weighted by Gasteiger charge is -2.24. The second-order valence-corrected chi connectivity index (χ2v) is 5.98. The van der Waals surface area contributed by atoms with Crippen LogP contribution >= 0.6 is 0 Å². The number of hydrogen-bond acceptors (Lipinski definition) is 6. The topological polar surface area (TPSA) is 102 Å². The normalized spacial score (nSPS) is 15.6. The molecule has 0 spiro atoms. The molecule has 1 aromatic carbocycles. The van der Waals surface area contributed by atoms with Gasteiger partial charge in [0.15, 0.2) is 11.5 Å². The molecule has 1 aromatic heterocycles. The number of amides is 1. The number of H-pyrrole nitrogens is 1. The molecule has 1 aliphatic rings. The van der Waals surface area contributed by atoms with Gasteiger partial charge in [-0.25, -0.2) is 10.2 Å². The number of ether oxygens (including phenoxy) is 3. The predicted molar refractivity (Wildman–Crippen MR) is 98.3 cm³/mol. The van der Waals surface area contributed by atoms with Crippen LogP contribution in [0.5, 0.6) is 11.5 Å². The van der Waals surface area contributed by atoms with Crippen LogP contribution in [0, 0.1) is 13.8 Å². The first-order valence-corrected chi connectivity index (χ1v) is 8.59. The predicted octanol–water partition coefficient (Wildman–Crippen LogP) is 2.10. The Balaban J connectivity index is 1.64. The van der Waals surface area contributed by atoms with E-state index >= 15 is 0 Å². The van der Waals surface area contributed by atoms with Gasteiger partial charge in [0.25, 0.3) is 5.91 Å². The summed E-state index contributed by atoms with van der Waals surface area (Å²) in [6.45, 7) is 5.72. The molecule has 2 aromatic rings. The van der Waals surface area contributed by atoms with Crippen molar-refractivity contribution in [2.75, 3.05) is 13.2 Å². The van der Waals surface area contributed by atoms with Gasteiger partial charge in [-0.15, -0.1) is 0 Å². The number of carbonyl (C=O) groups excluding carboxylic acids is 2. The number of rotatable bonds is 5. The lowest BCUT2D eigenvalue weighted by atomic mass is 10.1. The minimum absolute atomic E-state index is 0.103. The highest BCUT2D eigenvalue weighted by Crippen LogP contribution is 2.30. The van der Waals surface area contributed by atoms with Crippen LogP contribution in [0.1, 0.15) is 34.2 Å². The van der Waals surface area contributed by atoms with Gasteiger partial charge in [-0.2, -0.15) is 5.10 Å². The number of para-hydroxylation sites is 2. The Morgan fingerprint density at radius 2 is 2.07 bits per heavy atom. The highest BCUT2D eigenvalue weighted by Gasteiger charge is 2.27. The molecule has 1 aliphatic heterocycles. The number of hydrogen-bond donors (Lipinski definition) is 2. The molecule has 0 unspecified atom stereocenters. The van der Waals surface area contributed by atoms with Gasteiger partial charge >= 0.3 is 5.97 Å². The molecule has 0 aliphatic carbocycles. The summed E-state index contributed by atoms with van der Waals surface area (Å²) in [4.78, 5) is 27.3. The minimum atomic E-state index is -0.793. The van der Waals surface area contributed by atoms with Crippen LogP contribution in [0.2, 0.25) is 0 Å². The van der Waals surface area contributed by atoms with Crippen molar-refractivity contribution in [1.82, 2.24) is 10.4 Å². The number of nitrogens with one attached hydrogen (secondary N) is 2. The van der Waals surface area contributed by atoms with E-state index in [2.05, 4.69) is 15.5 Å². The number of aromatic amines is 1. The Hall–Kier alpha value is -3.29. The van der Waals surface area contributed by atoms with Gasteiger partial charge in [0.05, 0.1) is 24.1 Å². The van der Waals surface area contributed by atoms with Crippen LogP contribution < -0.4 is 14.9 Å². The molecule has 2 heterocycles. The van der Waals surface area contributed by atoms with Gasteiger partial charge in [-0.05, 0) is 38.5 Å². The SMILES string of the molecule is CCOC(=O)c1c(C)[nH]c(/C=N/NC(=O)[C@H]2COc3ccccc3O2)c1C. The Morgan fingerprint density at radius 3 is 2.81 bits per heavy atom. The molecule has 8 heteroatoms. The van der Waals surface area contributed by atoms with Crippen LogP contribution in [-0.2, 0) is 9.53 Å². The third kappa shape index (κ3) is 3.94. The van der Waals surface area contributed by atoms with E-state index in [9.17, 15) is 9.59 Å². The van der Waals surface area contributed by atoms with Crippen molar-refractivity contribution < 1.29 is 23.8 Å². The van der Waals surface area contributed by atoms with Gasteiger partial charge in [0.1, 0.15) is 6.61 Å². The standard InChI is InChI=1S/C19H21N3O5/c1-4-25-19(24)17-11(2)13(21-12(17)3)9-20-22-18(23)16-10-26-14-7-5-6-8-15(14)27-16/h5-9,16,21H,4,10H2,1-3H3,(H,22,23)/b20-9+/t16-/m1/s1. The van der Waals surface area contributed by atoms with E-state index in [0.717, 1.165) is 0 Å². The summed E-state index contributed by atoms with van der Waals surface area (Å²) in [6, 6.07) is 7.15. The van der Waals surface area contributed by atoms with E-state index in [-0.39, 0.29) is 12.6 Å². The number of benzene rings is 1. The van der Waals surface area contributed by atoms with E-state index in [1.807, 2.05) is 6.07 Å². The van der Waals surface area contributed by atoms with Crippen LogP contribution in [0.15, 0.2) is 29.4 Å². The fourth-order valence-electron chi connectivity index (χ4n) is 2.79. The summed E-state index contributed by atoms with van der Waals surface area (Å²) >= 11 is 0. The number of aromatic nitrogens is 1. The molecule has 1 amide bonds. The molecule has 3 rings (SSSR count). The summed E-state index contributed by atoms with van der Waals surface area (Å²) in [5.41, 5.74) is 4.91. The summed E-state index contributed by atoms with van der Waals surface area (Å²) < 4.78 is 16.2. The zero-order valence-electron chi connectivity index (χ0n) is 15.4. The fraction of sp³-hybridized carbons (Fsp3) is 0.316. The summed E-state index contributed by atoms with van der Waals surface area (Å²) in [5.74, 6) is 0.308. The minimum Gasteiger partial charge on any atom is -0.485 e. The maximum atomic E-state index is 12.2. The Bertz CT molecular complexity index is 887. The van der Waals surface area contributed by atoms with Gasteiger partial charge in [0.2, 0.25) is 6.10 Å². The molecule has 1 atom stereocenters. The van der Waals surface area contributed by atoms with Crippen molar-refractivity contribution in [3.8, 4) is 11.5 Å². The maximum absolute atomic E-state index is 12.2. The van der Waals surface area contributed by atoms with E-state index in [1.54, 1.807) is 39.0 Å². The molecule has 2 N–H and O–H groups in total. The van der Waals surface area contributed by atoms with E-state index in [0.29, 0.717) is 40.6 Å². The van der Waals surface area contributed by atoms with Crippen LogP contribution in [0.3, 0.4) is 0 Å². The van der Waals surface area contributed by atoms with Gasteiger partial charge in [-0.1, -0.05) is 12.1 Å². The lowest BCUT2D eigenvalue weighted by Crippen LogP contribution is -2.42. The quantitative estimate of drug-likeness (QED) is 0.476. The van der Waals surface area contributed by atoms with Crippen molar-refractivity contribution in [2.45, 2.75) is 26.9 Å². The van der Waals surface area contributed by atoms with Gasteiger partial charge in [0, 0.05) is 5.69 Å². The zero-order valence-corrected chi connectivity index (χ0v) is 15.4. The maximum Gasteiger partial charge on any atom is 0.340 e. The lowest BCUT2D eigenvalue weighted by molar-refractivity contribution is -0.130. The smallest absolute Gasteiger partial charge is 0.340 e. The van der Waals surface area contributed by atoms with E-state index in [1.165, 1.54) is 6.21 Å². The number of nitrogens with zero attached hydrogens (tertiary/aromatic N) is 1. The highest BCUT2D eigenvalue weighted by molar-refractivity contribution is 5.96. The molecule has 8 nitrogen and oxygen atoms in total. The van der Waals surface area contributed by atoms with Crippen molar-refractivity contribution in [2.24, 2.45) is 5.10 Å². The molecule has 27 heavy (non-hydrogen) atoms. The second kappa shape index (κ2) is 7.94. The summed E-state index contributed by atoms with van der Waals surface area (Å²) in [5, 5.41) is 3.95. The molecule has 0 saturated carbocycles. The summed E-state index contributed by atoms with van der Waals surface area (Å²) in [6.07, 6.45) is 0.652. The molecular weight excluding hydrogens is 350 g/mol. The molecular formula is C19H21N3O5. The molecule has 142 valence electrons. The van der Waals surface area contributed by atoms with E-state index in [4.69, 9.17) is 14.2 Å². The average molecular weight is 371 g/mol. The second-order valence-electron chi connectivity index (χ2n) is 5.98. The molecule has 0 bridgehead atoms. The van der Waals surface area contributed by atoms with Crippen LogP contribution in [0.25, 0.3) is 0 Å². The first-order chi connectivity index (χ1) is 13.0. The third-order valence-electron chi connectivity index (χ3n) is 4.13.